The predicted octanol–water partition coefficient (Wildman–Crippen LogP) is 3.94. The number of aryl methyl sites for hydroxylation is 1. The number of nitrogens with two attached hydrogens (primary N) is 1. The van der Waals surface area contributed by atoms with Crippen LogP contribution >= 0.6 is 12.4 Å². The van der Waals surface area contributed by atoms with Crippen molar-refractivity contribution in [2.24, 2.45) is 11.7 Å². The maximum atomic E-state index is 6.34. The summed E-state index contributed by atoms with van der Waals surface area (Å²) in [7, 11) is 0. The van der Waals surface area contributed by atoms with Crippen molar-refractivity contribution in [3.05, 3.63) is 35.5 Å². The second-order valence-corrected chi connectivity index (χ2v) is 4.62. The molecule has 1 heterocycles. The Bertz CT molecular complexity index is 490. The maximum Gasteiger partial charge on any atom is 0.0459 e. The summed E-state index contributed by atoms with van der Waals surface area (Å²) in [6.07, 6.45) is 1.11. The summed E-state index contributed by atoms with van der Waals surface area (Å²) in [6, 6.07) is 8.51. The molecule has 1 aromatic carbocycles. The van der Waals surface area contributed by atoms with Gasteiger partial charge in [0.15, 0.2) is 0 Å². The fraction of sp³-hybridized carbons (Fsp3) is 0.429. The molecular weight excluding hydrogens is 232 g/mol. The molecule has 0 fully saturated rings. The molecule has 17 heavy (non-hydrogen) atoms. The number of nitrogens with one attached hydrogen (secondary N) is 1. The highest BCUT2D eigenvalue weighted by Gasteiger charge is 2.19. The van der Waals surface area contributed by atoms with Crippen LogP contribution in [-0.2, 0) is 0 Å². The summed E-state index contributed by atoms with van der Waals surface area (Å²) < 4.78 is 0. The summed E-state index contributed by atoms with van der Waals surface area (Å²) >= 11 is 0. The van der Waals surface area contributed by atoms with Crippen molar-refractivity contribution in [2.45, 2.75) is 33.2 Å². The number of hydrogen-bond acceptors (Lipinski definition) is 1. The Morgan fingerprint density at radius 1 is 1.29 bits per heavy atom. The lowest BCUT2D eigenvalue weighted by atomic mass is 9.91. The normalized spacial score (nSPS) is 14.4. The van der Waals surface area contributed by atoms with Crippen molar-refractivity contribution in [3.63, 3.8) is 0 Å². The minimum atomic E-state index is 0. The van der Waals surface area contributed by atoms with Gasteiger partial charge in [0.25, 0.3) is 0 Å². The highest BCUT2D eigenvalue weighted by Crippen LogP contribution is 2.31. The van der Waals surface area contributed by atoms with Gasteiger partial charge in [0.2, 0.25) is 0 Å². The van der Waals surface area contributed by atoms with Crippen LogP contribution in [0.15, 0.2) is 24.3 Å². The Hall–Kier alpha value is -0.990. The van der Waals surface area contributed by atoms with Crippen LogP contribution in [0.1, 0.15) is 37.6 Å². The molecule has 94 valence electrons. The zero-order valence-corrected chi connectivity index (χ0v) is 11.5. The molecule has 0 aliphatic heterocycles. The molecule has 0 saturated carbocycles. The molecule has 0 bridgehead atoms. The molecule has 2 rings (SSSR count). The van der Waals surface area contributed by atoms with Crippen molar-refractivity contribution in [2.75, 3.05) is 0 Å². The first-order chi connectivity index (χ1) is 7.65. The average Bonchev–Trinajstić information content (AvgIpc) is 2.63. The smallest absolute Gasteiger partial charge is 0.0459 e. The lowest BCUT2D eigenvalue weighted by Gasteiger charge is -2.19. The Kier molecular flexibility index (Phi) is 4.61. The van der Waals surface area contributed by atoms with Gasteiger partial charge in [0, 0.05) is 22.6 Å². The van der Waals surface area contributed by atoms with Crippen molar-refractivity contribution in [1.29, 1.82) is 0 Å². The second kappa shape index (κ2) is 5.56. The number of H-pyrrole nitrogens is 1. The number of para-hydroxylation sites is 1. The number of aromatic nitrogens is 1. The maximum absolute atomic E-state index is 6.34. The van der Waals surface area contributed by atoms with Crippen molar-refractivity contribution < 1.29 is 0 Å². The minimum absolute atomic E-state index is 0. The van der Waals surface area contributed by atoms with E-state index in [-0.39, 0.29) is 18.4 Å². The second-order valence-electron chi connectivity index (χ2n) is 4.62. The molecular formula is C14H21ClN2. The third-order valence-electron chi connectivity index (χ3n) is 3.53. The van der Waals surface area contributed by atoms with Crippen LogP contribution in [0.2, 0.25) is 0 Å². The van der Waals surface area contributed by atoms with Crippen LogP contribution in [0.5, 0.6) is 0 Å². The number of fused-ring (bicyclic) bond motifs is 1. The lowest BCUT2D eigenvalue weighted by Crippen LogP contribution is -2.19. The van der Waals surface area contributed by atoms with Gasteiger partial charge < -0.3 is 10.7 Å². The molecule has 0 radical (unpaired) electrons. The fourth-order valence-corrected chi connectivity index (χ4v) is 2.27. The van der Waals surface area contributed by atoms with E-state index in [2.05, 4.69) is 50.0 Å². The van der Waals surface area contributed by atoms with E-state index in [1.54, 1.807) is 0 Å². The molecule has 1 aromatic heterocycles. The molecule has 0 aliphatic carbocycles. The molecule has 2 nitrogen and oxygen atoms in total. The third-order valence-corrected chi connectivity index (χ3v) is 3.53. The van der Waals surface area contributed by atoms with Gasteiger partial charge in [-0.25, -0.2) is 0 Å². The fourth-order valence-electron chi connectivity index (χ4n) is 2.27. The molecule has 0 spiro atoms. The lowest BCUT2D eigenvalue weighted by molar-refractivity contribution is 0.457. The summed E-state index contributed by atoms with van der Waals surface area (Å²) in [5, 5.41) is 1.27. The zero-order chi connectivity index (χ0) is 11.7. The van der Waals surface area contributed by atoms with Crippen LogP contribution in [0, 0.1) is 12.8 Å². The van der Waals surface area contributed by atoms with E-state index in [1.807, 2.05) is 0 Å². The Morgan fingerprint density at radius 2 is 1.94 bits per heavy atom. The number of aromatic amines is 1. The van der Waals surface area contributed by atoms with E-state index >= 15 is 0 Å². The standard InChI is InChI=1S/C14H20N2.ClH/c1-4-9(2)14(15)13-10(3)16-12-8-6-5-7-11(12)13;/h5-9,14,16H,4,15H2,1-3H3;1H/t9?,14-;/m0./s1. The summed E-state index contributed by atoms with van der Waals surface area (Å²) in [5.41, 5.74) is 10.0. The number of hydrogen-bond donors (Lipinski definition) is 2. The molecule has 3 heteroatoms. The van der Waals surface area contributed by atoms with E-state index in [9.17, 15) is 0 Å². The number of benzene rings is 1. The Morgan fingerprint density at radius 3 is 2.59 bits per heavy atom. The van der Waals surface area contributed by atoms with Crippen LogP contribution in [0.4, 0.5) is 0 Å². The molecule has 0 amide bonds. The van der Waals surface area contributed by atoms with Gasteiger partial charge >= 0.3 is 0 Å². The Balaban J connectivity index is 0.00000144. The van der Waals surface area contributed by atoms with E-state index in [0.717, 1.165) is 6.42 Å². The highest BCUT2D eigenvalue weighted by molar-refractivity contribution is 5.85. The molecule has 2 atom stereocenters. The van der Waals surface area contributed by atoms with E-state index in [4.69, 9.17) is 5.73 Å². The topological polar surface area (TPSA) is 41.8 Å². The van der Waals surface area contributed by atoms with Gasteiger partial charge in [0.05, 0.1) is 0 Å². The van der Waals surface area contributed by atoms with E-state index < -0.39 is 0 Å². The van der Waals surface area contributed by atoms with Crippen LogP contribution in [-0.4, -0.2) is 4.98 Å². The van der Waals surface area contributed by atoms with Crippen molar-refractivity contribution >= 4 is 23.3 Å². The van der Waals surface area contributed by atoms with Gasteiger partial charge in [0.1, 0.15) is 0 Å². The molecule has 0 saturated heterocycles. The first-order valence-corrected chi connectivity index (χ1v) is 5.98. The van der Waals surface area contributed by atoms with Gasteiger partial charge in [-0.1, -0.05) is 38.5 Å². The SMILES string of the molecule is CCC(C)[C@H](N)c1c(C)[nH]c2ccccc12.Cl. The van der Waals surface area contributed by atoms with Crippen molar-refractivity contribution in [3.8, 4) is 0 Å². The zero-order valence-electron chi connectivity index (χ0n) is 10.7. The van der Waals surface area contributed by atoms with Gasteiger partial charge in [-0.05, 0) is 24.5 Å². The van der Waals surface area contributed by atoms with Crippen molar-refractivity contribution in [1.82, 2.24) is 4.98 Å². The third kappa shape index (κ3) is 2.48. The van der Waals surface area contributed by atoms with Gasteiger partial charge in [-0.3, -0.25) is 0 Å². The first kappa shape index (κ1) is 14.1. The molecule has 1 unspecified atom stereocenters. The highest BCUT2D eigenvalue weighted by atomic mass is 35.5. The molecule has 0 aliphatic rings. The monoisotopic (exact) mass is 252 g/mol. The molecule has 3 N–H and O–H groups in total. The van der Waals surface area contributed by atoms with Gasteiger partial charge in [-0.15, -0.1) is 12.4 Å². The minimum Gasteiger partial charge on any atom is -0.358 e. The van der Waals surface area contributed by atoms with E-state index in [1.165, 1.54) is 22.2 Å². The first-order valence-electron chi connectivity index (χ1n) is 5.98. The summed E-state index contributed by atoms with van der Waals surface area (Å²) in [4.78, 5) is 3.41. The van der Waals surface area contributed by atoms with Gasteiger partial charge in [-0.2, -0.15) is 0 Å². The van der Waals surface area contributed by atoms with Crippen LogP contribution < -0.4 is 5.73 Å². The quantitative estimate of drug-likeness (QED) is 0.854. The van der Waals surface area contributed by atoms with Crippen LogP contribution in [0.25, 0.3) is 10.9 Å². The largest absolute Gasteiger partial charge is 0.358 e. The molecule has 2 aromatic rings. The number of rotatable bonds is 3. The Labute approximate surface area is 109 Å². The van der Waals surface area contributed by atoms with E-state index in [0.29, 0.717) is 5.92 Å². The van der Waals surface area contributed by atoms with Crippen LogP contribution in [0.3, 0.4) is 0 Å². The predicted molar refractivity (Wildman–Crippen MR) is 76.7 cm³/mol. The number of halogens is 1. The summed E-state index contributed by atoms with van der Waals surface area (Å²) in [5.74, 6) is 0.512. The summed E-state index contributed by atoms with van der Waals surface area (Å²) in [6.45, 7) is 6.51. The average molecular weight is 253 g/mol.